The van der Waals surface area contributed by atoms with Crippen LogP contribution in [0.1, 0.15) is 30.9 Å². The molecule has 2 aromatic rings. The molecule has 4 rings (SSSR count). The number of halogens is 1. The first-order chi connectivity index (χ1) is 14.2. The standard InChI is InChI=1S/C22H23ClN2O3S2/c1-14(2)16-5-9-18(10-6-16)25-19-12-30(27,28)13-20(19)29-22(25)24-21(26)11-15-3-7-17(23)8-4-15/h3-10,14,19-20H,11-13H2,1-2H3/t19-,20-/m0/s1. The number of nitrogens with zero attached hydrogens (tertiary/aromatic N) is 2. The Balaban J connectivity index is 1.62. The Labute approximate surface area is 186 Å². The van der Waals surface area contributed by atoms with Gasteiger partial charge < -0.3 is 4.90 Å². The Kier molecular flexibility index (Phi) is 5.97. The number of rotatable bonds is 4. The molecule has 0 aliphatic carbocycles. The number of amides is 1. The molecule has 2 aromatic carbocycles. The molecule has 8 heteroatoms. The van der Waals surface area contributed by atoms with Gasteiger partial charge in [-0.05, 0) is 41.3 Å². The van der Waals surface area contributed by atoms with E-state index in [1.54, 1.807) is 12.1 Å². The third kappa shape index (κ3) is 4.58. The van der Waals surface area contributed by atoms with E-state index in [2.05, 4.69) is 31.0 Å². The second-order valence-electron chi connectivity index (χ2n) is 8.01. The molecule has 0 bridgehead atoms. The van der Waals surface area contributed by atoms with E-state index in [9.17, 15) is 13.2 Å². The second kappa shape index (κ2) is 8.36. The van der Waals surface area contributed by atoms with Crippen molar-refractivity contribution < 1.29 is 13.2 Å². The normalized spacial score (nSPS) is 23.9. The molecule has 2 fully saturated rings. The summed E-state index contributed by atoms with van der Waals surface area (Å²) >= 11 is 7.30. The lowest BCUT2D eigenvalue weighted by molar-refractivity contribution is -0.117. The number of amidine groups is 1. The minimum absolute atomic E-state index is 0.0843. The van der Waals surface area contributed by atoms with E-state index in [1.807, 2.05) is 29.2 Å². The molecule has 30 heavy (non-hydrogen) atoms. The number of carbonyl (C=O) groups is 1. The number of anilines is 1. The Morgan fingerprint density at radius 3 is 2.43 bits per heavy atom. The number of benzene rings is 2. The summed E-state index contributed by atoms with van der Waals surface area (Å²) in [5, 5.41) is 1.09. The third-order valence-corrected chi connectivity index (χ3v) is 8.86. The van der Waals surface area contributed by atoms with Crippen LogP contribution >= 0.6 is 23.4 Å². The van der Waals surface area contributed by atoms with Crippen molar-refractivity contribution in [3.63, 3.8) is 0 Å². The molecule has 1 amide bonds. The summed E-state index contributed by atoms with van der Waals surface area (Å²) < 4.78 is 24.4. The predicted octanol–water partition coefficient (Wildman–Crippen LogP) is 4.31. The molecule has 0 spiro atoms. The van der Waals surface area contributed by atoms with Crippen molar-refractivity contribution >= 4 is 50.0 Å². The van der Waals surface area contributed by atoms with Gasteiger partial charge in [-0.1, -0.05) is 61.5 Å². The molecule has 0 saturated carbocycles. The van der Waals surface area contributed by atoms with E-state index >= 15 is 0 Å². The molecular weight excluding hydrogens is 440 g/mol. The van der Waals surface area contributed by atoms with Gasteiger partial charge in [-0.15, -0.1) is 0 Å². The molecule has 2 heterocycles. The maximum absolute atomic E-state index is 12.6. The second-order valence-corrected chi connectivity index (χ2v) is 11.8. The Morgan fingerprint density at radius 1 is 1.13 bits per heavy atom. The third-order valence-electron chi connectivity index (χ3n) is 5.39. The van der Waals surface area contributed by atoms with Crippen molar-refractivity contribution in [2.75, 3.05) is 16.4 Å². The van der Waals surface area contributed by atoms with Gasteiger partial charge in [-0.3, -0.25) is 4.79 Å². The van der Waals surface area contributed by atoms with Crippen molar-refractivity contribution in [3.05, 3.63) is 64.7 Å². The zero-order valence-electron chi connectivity index (χ0n) is 16.8. The van der Waals surface area contributed by atoms with Crippen LogP contribution < -0.4 is 4.90 Å². The zero-order valence-corrected chi connectivity index (χ0v) is 19.2. The van der Waals surface area contributed by atoms with Gasteiger partial charge in [0.05, 0.1) is 24.0 Å². The number of hydrogen-bond donors (Lipinski definition) is 0. The molecule has 2 aliphatic rings. The number of thioether (sulfide) groups is 1. The van der Waals surface area contributed by atoms with Crippen LogP contribution in [0.5, 0.6) is 0 Å². The summed E-state index contributed by atoms with van der Waals surface area (Å²) in [5.74, 6) is 0.348. The van der Waals surface area contributed by atoms with Crippen molar-refractivity contribution in [3.8, 4) is 0 Å². The highest BCUT2D eigenvalue weighted by Gasteiger charge is 2.49. The summed E-state index contributed by atoms with van der Waals surface area (Å²) in [5.41, 5.74) is 2.92. The van der Waals surface area contributed by atoms with Crippen LogP contribution in [-0.2, 0) is 21.1 Å². The van der Waals surface area contributed by atoms with Gasteiger partial charge >= 0.3 is 0 Å². The minimum Gasteiger partial charge on any atom is -0.316 e. The highest BCUT2D eigenvalue weighted by molar-refractivity contribution is 8.16. The highest BCUT2D eigenvalue weighted by atomic mass is 35.5. The summed E-state index contributed by atoms with van der Waals surface area (Å²) in [7, 11) is -3.09. The van der Waals surface area contributed by atoms with E-state index < -0.39 is 9.84 Å². The van der Waals surface area contributed by atoms with Crippen LogP contribution in [-0.4, -0.2) is 42.3 Å². The SMILES string of the molecule is CC(C)c1ccc(N2C(=NC(=O)Cc3ccc(Cl)cc3)S[C@H]3CS(=O)(=O)C[C@@H]32)cc1. The van der Waals surface area contributed by atoms with Gasteiger partial charge in [-0.2, -0.15) is 4.99 Å². The lowest BCUT2D eigenvalue weighted by atomic mass is 10.0. The Bertz CT molecular complexity index is 1080. The predicted molar refractivity (Wildman–Crippen MR) is 124 cm³/mol. The summed E-state index contributed by atoms with van der Waals surface area (Å²) in [6.07, 6.45) is 0.176. The van der Waals surface area contributed by atoms with E-state index in [1.165, 1.54) is 17.3 Å². The first-order valence-corrected chi connectivity index (χ1v) is 12.9. The number of hydrogen-bond acceptors (Lipinski definition) is 4. The fourth-order valence-corrected chi connectivity index (χ4v) is 7.87. The lowest BCUT2D eigenvalue weighted by Gasteiger charge is -2.25. The Morgan fingerprint density at radius 2 is 1.80 bits per heavy atom. The average molecular weight is 463 g/mol. The van der Waals surface area contributed by atoms with Gasteiger partial charge in [0.2, 0.25) is 0 Å². The fraction of sp³-hybridized carbons (Fsp3) is 0.364. The molecule has 2 atom stereocenters. The molecule has 2 saturated heterocycles. The van der Waals surface area contributed by atoms with Crippen LogP contribution in [0.2, 0.25) is 5.02 Å². The van der Waals surface area contributed by atoms with E-state index in [4.69, 9.17) is 11.6 Å². The van der Waals surface area contributed by atoms with Crippen LogP contribution in [0.4, 0.5) is 5.69 Å². The van der Waals surface area contributed by atoms with Gasteiger partial charge in [0.15, 0.2) is 15.0 Å². The quantitative estimate of drug-likeness (QED) is 0.677. The van der Waals surface area contributed by atoms with Gasteiger partial charge in [0.25, 0.3) is 5.91 Å². The van der Waals surface area contributed by atoms with E-state index in [0.29, 0.717) is 16.1 Å². The van der Waals surface area contributed by atoms with Gasteiger partial charge in [-0.25, -0.2) is 8.42 Å². The van der Waals surface area contributed by atoms with Crippen molar-refractivity contribution in [2.24, 2.45) is 4.99 Å². The van der Waals surface area contributed by atoms with Crippen LogP contribution in [0.15, 0.2) is 53.5 Å². The van der Waals surface area contributed by atoms with E-state index in [0.717, 1.165) is 11.3 Å². The minimum atomic E-state index is -3.09. The fourth-order valence-electron chi connectivity index (χ4n) is 3.81. The number of aliphatic imine (C=N–C) groups is 1. The highest BCUT2D eigenvalue weighted by Crippen LogP contribution is 2.41. The number of fused-ring (bicyclic) bond motifs is 1. The van der Waals surface area contributed by atoms with Crippen molar-refractivity contribution in [1.82, 2.24) is 0 Å². The lowest BCUT2D eigenvalue weighted by Crippen LogP contribution is -2.37. The molecular formula is C22H23ClN2O3S2. The molecule has 0 aromatic heterocycles. The first kappa shape index (κ1) is 21.4. The maximum atomic E-state index is 12.6. The number of carbonyl (C=O) groups excluding carboxylic acids is 1. The van der Waals surface area contributed by atoms with Crippen LogP contribution in [0.3, 0.4) is 0 Å². The van der Waals surface area contributed by atoms with Gasteiger partial charge in [0, 0.05) is 16.0 Å². The van der Waals surface area contributed by atoms with Crippen molar-refractivity contribution in [2.45, 2.75) is 37.5 Å². The zero-order chi connectivity index (χ0) is 21.5. The molecule has 0 unspecified atom stereocenters. The smallest absolute Gasteiger partial charge is 0.252 e. The van der Waals surface area contributed by atoms with Crippen LogP contribution in [0.25, 0.3) is 0 Å². The topological polar surface area (TPSA) is 66.8 Å². The van der Waals surface area contributed by atoms with Crippen molar-refractivity contribution in [1.29, 1.82) is 0 Å². The van der Waals surface area contributed by atoms with E-state index in [-0.39, 0.29) is 35.1 Å². The average Bonchev–Trinajstić information content (AvgIpc) is 3.14. The maximum Gasteiger partial charge on any atom is 0.252 e. The molecule has 5 nitrogen and oxygen atoms in total. The number of sulfone groups is 1. The first-order valence-electron chi connectivity index (χ1n) is 9.84. The molecule has 0 N–H and O–H groups in total. The Hall–Kier alpha value is -1.83. The summed E-state index contributed by atoms with van der Waals surface area (Å²) in [4.78, 5) is 19.0. The summed E-state index contributed by atoms with van der Waals surface area (Å²) in [6.45, 7) is 4.26. The van der Waals surface area contributed by atoms with Gasteiger partial charge in [0.1, 0.15) is 0 Å². The molecule has 2 aliphatic heterocycles. The largest absolute Gasteiger partial charge is 0.316 e. The molecule has 0 radical (unpaired) electrons. The van der Waals surface area contributed by atoms with Crippen LogP contribution in [0, 0.1) is 0 Å². The molecule has 158 valence electrons. The summed E-state index contributed by atoms with van der Waals surface area (Å²) in [6, 6.07) is 15.0. The monoisotopic (exact) mass is 462 g/mol.